The number of nitrogens with zero attached hydrogens (tertiary/aromatic N) is 2. The van der Waals surface area contributed by atoms with Crippen LogP contribution >= 0.6 is 12.2 Å². The largest absolute Gasteiger partial charge is 0.394 e. The standard InChI is InChI=1S/C10H12N4O5S/c15-1-3-5(16)6(17)9(19-3)14-7-4(13-10(14)20)8(18)12-2-11-7/h2-3,5-6,9,15-17H,1H2,(H,13,20)(H,11,12,18)/t3-,5-,6-,9+/m1/s1. The second-order valence-electron chi connectivity index (χ2n) is 4.46. The second kappa shape index (κ2) is 4.75. The number of imidazole rings is 1. The molecule has 1 fully saturated rings. The van der Waals surface area contributed by atoms with Crippen LogP contribution in [0.3, 0.4) is 0 Å². The van der Waals surface area contributed by atoms with Crippen molar-refractivity contribution >= 4 is 23.4 Å². The molecule has 0 unspecified atom stereocenters. The molecular formula is C10H12N4O5S. The van der Waals surface area contributed by atoms with Gasteiger partial charge in [0.2, 0.25) is 0 Å². The summed E-state index contributed by atoms with van der Waals surface area (Å²) in [6.45, 7) is -0.446. The highest BCUT2D eigenvalue weighted by Crippen LogP contribution is 2.31. The molecule has 108 valence electrons. The Morgan fingerprint density at radius 3 is 2.85 bits per heavy atom. The van der Waals surface area contributed by atoms with Crippen molar-refractivity contribution in [3.8, 4) is 0 Å². The lowest BCUT2D eigenvalue weighted by Gasteiger charge is -2.16. The van der Waals surface area contributed by atoms with Crippen molar-refractivity contribution in [2.45, 2.75) is 24.5 Å². The molecule has 0 spiro atoms. The number of hydrogen-bond acceptors (Lipinski definition) is 7. The fraction of sp³-hybridized carbons (Fsp3) is 0.500. The average molecular weight is 300 g/mol. The highest BCUT2D eigenvalue weighted by molar-refractivity contribution is 7.71. The van der Waals surface area contributed by atoms with E-state index in [1.54, 1.807) is 0 Å². The van der Waals surface area contributed by atoms with Gasteiger partial charge in [-0.25, -0.2) is 4.98 Å². The number of aliphatic hydroxyl groups excluding tert-OH is 3. The summed E-state index contributed by atoms with van der Waals surface area (Å²) < 4.78 is 6.82. The first kappa shape index (κ1) is 13.4. The van der Waals surface area contributed by atoms with Crippen LogP contribution in [-0.2, 0) is 4.74 Å². The third kappa shape index (κ3) is 1.81. The van der Waals surface area contributed by atoms with Crippen molar-refractivity contribution in [2.75, 3.05) is 6.61 Å². The van der Waals surface area contributed by atoms with E-state index in [4.69, 9.17) is 22.1 Å². The molecule has 0 amide bonds. The fourth-order valence-electron chi connectivity index (χ4n) is 2.28. The SMILES string of the molecule is O=c1[nH]cnc2c1[nH]c(=S)n2[C@H]1O[C@H](CO)[C@@H](O)[C@H]1O. The molecule has 3 heterocycles. The monoisotopic (exact) mass is 300 g/mol. The van der Waals surface area contributed by atoms with Gasteiger partial charge in [0.05, 0.1) is 12.9 Å². The third-order valence-electron chi connectivity index (χ3n) is 3.28. The molecule has 0 saturated carbocycles. The van der Waals surface area contributed by atoms with Crippen molar-refractivity contribution < 1.29 is 20.1 Å². The van der Waals surface area contributed by atoms with Gasteiger partial charge in [-0.1, -0.05) is 0 Å². The Kier molecular flexibility index (Phi) is 3.18. The first-order chi connectivity index (χ1) is 9.54. The highest BCUT2D eigenvalue weighted by Gasteiger charge is 2.44. The van der Waals surface area contributed by atoms with E-state index in [0.717, 1.165) is 0 Å². The lowest BCUT2D eigenvalue weighted by atomic mass is 10.1. The van der Waals surface area contributed by atoms with Crippen LogP contribution < -0.4 is 5.56 Å². The summed E-state index contributed by atoms with van der Waals surface area (Å²) in [4.78, 5) is 20.7. The summed E-state index contributed by atoms with van der Waals surface area (Å²) in [5.41, 5.74) is -0.0598. The van der Waals surface area contributed by atoms with Gasteiger partial charge < -0.3 is 30.0 Å². The quantitative estimate of drug-likeness (QED) is 0.421. The number of fused-ring (bicyclic) bond motifs is 1. The van der Waals surface area contributed by atoms with Crippen molar-refractivity contribution in [3.63, 3.8) is 0 Å². The van der Waals surface area contributed by atoms with E-state index in [9.17, 15) is 15.0 Å². The van der Waals surface area contributed by atoms with Gasteiger partial charge in [-0.05, 0) is 12.2 Å². The molecular weight excluding hydrogens is 288 g/mol. The van der Waals surface area contributed by atoms with E-state index >= 15 is 0 Å². The molecule has 1 aliphatic rings. The van der Waals surface area contributed by atoms with Gasteiger partial charge in [-0.3, -0.25) is 9.36 Å². The first-order valence-corrected chi connectivity index (χ1v) is 6.25. The van der Waals surface area contributed by atoms with Crippen LogP contribution in [-0.4, -0.2) is 59.8 Å². The molecule has 5 N–H and O–H groups in total. The van der Waals surface area contributed by atoms with Crippen LogP contribution in [0.15, 0.2) is 11.1 Å². The molecule has 0 bridgehead atoms. The van der Waals surface area contributed by atoms with Crippen LogP contribution in [0, 0.1) is 4.77 Å². The minimum absolute atomic E-state index is 0.124. The lowest BCUT2D eigenvalue weighted by Crippen LogP contribution is -2.33. The van der Waals surface area contributed by atoms with Crippen molar-refractivity contribution in [2.24, 2.45) is 0 Å². The predicted octanol–water partition coefficient (Wildman–Crippen LogP) is -1.61. The van der Waals surface area contributed by atoms with Crippen molar-refractivity contribution in [1.29, 1.82) is 0 Å². The zero-order valence-electron chi connectivity index (χ0n) is 10.1. The maximum absolute atomic E-state index is 11.6. The minimum atomic E-state index is -1.29. The molecule has 2 aromatic heterocycles. The van der Waals surface area contributed by atoms with E-state index in [-0.39, 0.29) is 15.9 Å². The van der Waals surface area contributed by atoms with E-state index in [2.05, 4.69) is 15.0 Å². The molecule has 20 heavy (non-hydrogen) atoms. The predicted molar refractivity (Wildman–Crippen MR) is 68.5 cm³/mol. The maximum atomic E-state index is 11.6. The lowest BCUT2D eigenvalue weighted by molar-refractivity contribution is -0.0517. The Hall–Kier alpha value is -1.59. The minimum Gasteiger partial charge on any atom is -0.394 e. The van der Waals surface area contributed by atoms with Gasteiger partial charge in [-0.15, -0.1) is 0 Å². The van der Waals surface area contributed by atoms with E-state index < -0.39 is 36.7 Å². The number of rotatable bonds is 2. The number of ether oxygens (including phenoxy) is 1. The van der Waals surface area contributed by atoms with Crippen LogP contribution in [0.5, 0.6) is 0 Å². The van der Waals surface area contributed by atoms with E-state index in [1.165, 1.54) is 10.9 Å². The molecule has 1 saturated heterocycles. The van der Waals surface area contributed by atoms with E-state index in [0.29, 0.717) is 0 Å². The Morgan fingerprint density at radius 2 is 2.20 bits per heavy atom. The molecule has 0 radical (unpaired) electrons. The van der Waals surface area contributed by atoms with Crippen molar-refractivity contribution in [3.05, 3.63) is 21.5 Å². The van der Waals surface area contributed by atoms with Crippen molar-refractivity contribution in [1.82, 2.24) is 19.5 Å². The number of aromatic nitrogens is 4. The Morgan fingerprint density at radius 1 is 1.45 bits per heavy atom. The van der Waals surface area contributed by atoms with Crippen LogP contribution in [0.1, 0.15) is 6.23 Å². The molecule has 0 aromatic carbocycles. The summed E-state index contributed by atoms with van der Waals surface area (Å²) in [6.07, 6.45) is -3.30. The summed E-state index contributed by atoms with van der Waals surface area (Å²) in [7, 11) is 0. The zero-order valence-corrected chi connectivity index (χ0v) is 10.9. The van der Waals surface area contributed by atoms with E-state index in [1.807, 2.05) is 0 Å². The Bertz CT molecular complexity index is 752. The highest BCUT2D eigenvalue weighted by atomic mass is 32.1. The molecule has 3 rings (SSSR count). The number of H-pyrrole nitrogens is 2. The van der Waals surface area contributed by atoms with Crippen LogP contribution in [0.25, 0.3) is 11.2 Å². The number of aliphatic hydroxyl groups is 3. The first-order valence-electron chi connectivity index (χ1n) is 5.85. The number of hydrogen-bond donors (Lipinski definition) is 5. The molecule has 0 aliphatic carbocycles. The van der Waals surface area contributed by atoms with Gasteiger partial charge in [0.1, 0.15) is 18.3 Å². The third-order valence-corrected chi connectivity index (χ3v) is 3.58. The summed E-state index contributed by atoms with van der Waals surface area (Å²) >= 11 is 5.10. The summed E-state index contributed by atoms with van der Waals surface area (Å²) in [5, 5.41) is 28.9. The smallest absolute Gasteiger partial charge is 0.276 e. The van der Waals surface area contributed by atoms with Crippen LogP contribution in [0.2, 0.25) is 0 Å². The normalized spacial score (nSPS) is 30.1. The van der Waals surface area contributed by atoms with Gasteiger partial charge in [-0.2, -0.15) is 0 Å². The number of aromatic amines is 2. The fourth-order valence-corrected chi connectivity index (χ4v) is 2.57. The average Bonchev–Trinajstić information content (AvgIpc) is 2.90. The van der Waals surface area contributed by atoms with Crippen LogP contribution in [0.4, 0.5) is 0 Å². The zero-order chi connectivity index (χ0) is 14.4. The molecule has 4 atom stereocenters. The van der Waals surface area contributed by atoms with Gasteiger partial charge in [0.15, 0.2) is 22.2 Å². The van der Waals surface area contributed by atoms with Gasteiger partial charge in [0.25, 0.3) is 5.56 Å². The summed E-state index contributed by atoms with van der Waals surface area (Å²) in [6, 6.07) is 0. The molecule has 9 nitrogen and oxygen atoms in total. The Balaban J connectivity index is 2.16. The Labute approximate surface area is 116 Å². The topological polar surface area (TPSA) is 136 Å². The van der Waals surface area contributed by atoms with Gasteiger partial charge in [0, 0.05) is 0 Å². The molecule has 1 aliphatic heterocycles. The number of nitrogens with one attached hydrogen (secondary N) is 2. The second-order valence-corrected chi connectivity index (χ2v) is 4.85. The molecule has 10 heteroatoms. The summed E-state index contributed by atoms with van der Waals surface area (Å²) in [5.74, 6) is 0. The molecule has 2 aromatic rings. The van der Waals surface area contributed by atoms with Gasteiger partial charge >= 0.3 is 0 Å². The maximum Gasteiger partial charge on any atom is 0.276 e.